The summed E-state index contributed by atoms with van der Waals surface area (Å²) < 4.78 is 5.17. The molecule has 0 fully saturated rings. The summed E-state index contributed by atoms with van der Waals surface area (Å²) in [5.41, 5.74) is 3.08. The fourth-order valence-corrected chi connectivity index (χ4v) is 2.23. The highest BCUT2D eigenvalue weighted by molar-refractivity contribution is 5.65. The molecular weight excluding hydrogens is 324 g/mol. The topological polar surface area (TPSA) is 53.5 Å². The lowest BCUT2D eigenvalue weighted by Crippen LogP contribution is -2.72. The first-order chi connectivity index (χ1) is 12.7. The molecule has 0 aliphatic carbocycles. The second-order valence-corrected chi connectivity index (χ2v) is 5.60. The lowest BCUT2D eigenvalue weighted by Gasteiger charge is -2.14. The molecule has 2 aromatic carbocycles. The number of quaternary nitrogens is 1. The number of ether oxygens (including phenoxy) is 1. The second-order valence-electron chi connectivity index (χ2n) is 5.60. The summed E-state index contributed by atoms with van der Waals surface area (Å²) in [6, 6.07) is 16.0. The Morgan fingerprint density at radius 1 is 1.04 bits per heavy atom. The molecule has 0 spiro atoms. The Morgan fingerprint density at radius 2 is 1.69 bits per heavy atom. The predicted molar refractivity (Wildman–Crippen MR) is 110 cm³/mol. The summed E-state index contributed by atoms with van der Waals surface area (Å²) in [7, 11) is 5.61. The van der Waals surface area contributed by atoms with Crippen LogP contribution >= 0.6 is 0 Å². The number of hydrogen-bond acceptors (Lipinski definition) is 4. The van der Waals surface area contributed by atoms with Gasteiger partial charge in [0.05, 0.1) is 26.0 Å². The summed E-state index contributed by atoms with van der Waals surface area (Å²) in [4.78, 5) is 0. The summed E-state index contributed by atoms with van der Waals surface area (Å²) in [6.07, 6.45) is 10.8. The molecule has 0 aliphatic rings. The number of nitrogens with zero attached hydrogens (tertiary/aromatic N) is 2. The Balaban J connectivity index is 1.87. The monoisotopic (exact) mass is 351 g/mol. The molecule has 0 radical (unpaired) electrons. The average molecular weight is 351 g/mol. The third kappa shape index (κ3) is 6.45. The Kier molecular flexibility index (Phi) is 7.96. The number of nitrogens with two attached hydrogens (primary N) is 1. The first kappa shape index (κ1) is 19.3. The summed E-state index contributed by atoms with van der Waals surface area (Å²) in [5, 5.41) is 11.7. The maximum Gasteiger partial charge on any atom is 0.119 e. The number of hydrogen-bond donors (Lipinski definition) is 2. The van der Waals surface area contributed by atoms with E-state index in [9.17, 15) is 0 Å². The van der Waals surface area contributed by atoms with Crippen molar-refractivity contribution in [2.75, 3.05) is 31.5 Å². The minimum atomic E-state index is 0.801. The van der Waals surface area contributed by atoms with Crippen LogP contribution in [-0.4, -0.2) is 27.4 Å². The summed E-state index contributed by atoms with van der Waals surface area (Å²) >= 11 is 0. The molecule has 0 heterocycles. The maximum atomic E-state index is 5.17. The van der Waals surface area contributed by atoms with Crippen LogP contribution in [0, 0.1) is 0 Å². The van der Waals surface area contributed by atoms with Crippen LogP contribution in [0.3, 0.4) is 0 Å². The smallest absolute Gasteiger partial charge is 0.119 e. The van der Waals surface area contributed by atoms with Gasteiger partial charge >= 0.3 is 0 Å². The Hall–Kier alpha value is -3.05. The van der Waals surface area contributed by atoms with E-state index in [1.807, 2.05) is 97.5 Å². The van der Waals surface area contributed by atoms with Crippen molar-refractivity contribution in [1.29, 1.82) is 0 Å². The lowest BCUT2D eigenvalue weighted by molar-refractivity contribution is -0.556. The Labute approximate surface area is 155 Å². The minimum absolute atomic E-state index is 0.801. The first-order valence-electron chi connectivity index (χ1n) is 8.61. The van der Waals surface area contributed by atoms with Gasteiger partial charge in [-0.2, -0.15) is 5.10 Å². The van der Waals surface area contributed by atoms with Gasteiger partial charge in [-0.05, 0) is 54.6 Å². The van der Waals surface area contributed by atoms with E-state index in [1.54, 1.807) is 7.11 Å². The van der Waals surface area contributed by atoms with Crippen molar-refractivity contribution >= 4 is 23.3 Å². The molecule has 2 aromatic rings. The van der Waals surface area contributed by atoms with E-state index >= 15 is 0 Å². The molecule has 0 saturated carbocycles. The molecule has 5 nitrogen and oxygen atoms in total. The molecule has 0 aliphatic heterocycles. The zero-order valence-electron chi connectivity index (χ0n) is 15.6. The number of benzene rings is 2. The van der Waals surface area contributed by atoms with Crippen LogP contribution in [0.15, 0.2) is 78.1 Å². The van der Waals surface area contributed by atoms with E-state index in [2.05, 4.69) is 16.5 Å². The van der Waals surface area contributed by atoms with Gasteiger partial charge in [0.25, 0.3) is 0 Å². The van der Waals surface area contributed by atoms with Crippen LogP contribution in [0.2, 0.25) is 0 Å². The van der Waals surface area contributed by atoms with E-state index in [4.69, 9.17) is 4.74 Å². The average Bonchev–Trinajstić information content (AvgIpc) is 2.68. The van der Waals surface area contributed by atoms with Crippen molar-refractivity contribution in [1.82, 2.24) is 0 Å². The molecule has 0 saturated heterocycles. The van der Waals surface area contributed by atoms with Crippen LogP contribution in [0.25, 0.3) is 0 Å². The van der Waals surface area contributed by atoms with Gasteiger partial charge in [0.1, 0.15) is 5.75 Å². The van der Waals surface area contributed by atoms with Crippen molar-refractivity contribution in [3.8, 4) is 5.75 Å². The lowest BCUT2D eigenvalue weighted by atomic mass is 10.2. The van der Waals surface area contributed by atoms with Crippen molar-refractivity contribution in [3.63, 3.8) is 0 Å². The van der Waals surface area contributed by atoms with Gasteiger partial charge in [-0.1, -0.05) is 12.2 Å². The summed E-state index contributed by atoms with van der Waals surface area (Å²) in [6.45, 7) is 0. The van der Waals surface area contributed by atoms with Gasteiger partial charge in [-0.25, -0.2) is 0 Å². The molecule has 0 aromatic heterocycles. The second kappa shape index (κ2) is 10.7. The molecule has 5 heteroatoms. The molecule has 2 rings (SSSR count). The third-order valence-corrected chi connectivity index (χ3v) is 3.67. The zero-order valence-corrected chi connectivity index (χ0v) is 15.6. The highest BCUT2D eigenvalue weighted by Crippen LogP contribution is 2.22. The van der Waals surface area contributed by atoms with Crippen LogP contribution in [0.5, 0.6) is 5.75 Å². The highest BCUT2D eigenvalue weighted by atomic mass is 16.5. The van der Waals surface area contributed by atoms with Crippen LogP contribution in [0.1, 0.15) is 6.42 Å². The number of nitrogens with one attached hydrogen (secondary N) is 1. The standard InChI is InChI=1S/C21H26N4O/c1-22-16-6-4-5-7-17-23-25(2)20-12-8-18(9-13-20)24-19-10-14-21(26-3)15-11-19/h4-6,8-17,22,24H,7H2,1-3H3/p+1/b5-4-,16-6-,23-17+. The van der Waals surface area contributed by atoms with Crippen LogP contribution < -0.4 is 20.4 Å². The number of rotatable bonds is 9. The number of anilines is 3. The SMILES string of the molecule is C[NH2+]/C=C\C=C/C/C=N/N(C)c1ccc(Nc2ccc(OC)cc2)cc1. The quantitative estimate of drug-likeness (QED) is 0.413. The van der Waals surface area contributed by atoms with E-state index in [-0.39, 0.29) is 0 Å². The van der Waals surface area contributed by atoms with Crippen LogP contribution in [0.4, 0.5) is 17.1 Å². The number of methoxy groups -OCH3 is 1. The van der Waals surface area contributed by atoms with Gasteiger partial charge in [0.2, 0.25) is 0 Å². The molecule has 136 valence electrons. The van der Waals surface area contributed by atoms with Gasteiger partial charge in [-0.15, -0.1) is 0 Å². The largest absolute Gasteiger partial charge is 0.497 e. The molecule has 26 heavy (non-hydrogen) atoms. The third-order valence-electron chi connectivity index (χ3n) is 3.67. The van der Waals surface area contributed by atoms with E-state index in [0.29, 0.717) is 0 Å². The van der Waals surface area contributed by atoms with Crippen molar-refractivity contribution < 1.29 is 10.1 Å². The minimum Gasteiger partial charge on any atom is -0.497 e. The first-order valence-corrected chi connectivity index (χ1v) is 8.61. The molecule has 0 atom stereocenters. The van der Waals surface area contributed by atoms with Gasteiger partial charge in [0, 0.05) is 31.1 Å². The fraction of sp³-hybridized carbons (Fsp3) is 0.190. The normalized spacial score (nSPS) is 11.5. The summed E-state index contributed by atoms with van der Waals surface area (Å²) in [5.74, 6) is 0.847. The molecule has 0 unspecified atom stereocenters. The van der Waals surface area contributed by atoms with Gasteiger partial charge in [0.15, 0.2) is 0 Å². The van der Waals surface area contributed by atoms with Crippen molar-refractivity contribution in [2.45, 2.75) is 6.42 Å². The van der Waals surface area contributed by atoms with Crippen LogP contribution in [-0.2, 0) is 0 Å². The Bertz CT molecular complexity index is 734. The highest BCUT2D eigenvalue weighted by Gasteiger charge is 1.99. The predicted octanol–water partition coefficient (Wildman–Crippen LogP) is 3.51. The van der Waals surface area contributed by atoms with Gasteiger partial charge in [-0.3, -0.25) is 5.01 Å². The zero-order chi connectivity index (χ0) is 18.6. The van der Waals surface area contributed by atoms with E-state index < -0.39 is 0 Å². The number of hydrazone groups is 1. The molecule has 3 N–H and O–H groups in total. The molecular formula is C21H27N4O+. The molecule has 0 bridgehead atoms. The van der Waals surface area contributed by atoms with Crippen molar-refractivity contribution in [2.24, 2.45) is 5.10 Å². The molecule has 0 amide bonds. The Morgan fingerprint density at radius 3 is 2.31 bits per heavy atom. The van der Waals surface area contributed by atoms with Crippen molar-refractivity contribution in [3.05, 3.63) is 73.0 Å². The maximum absolute atomic E-state index is 5.17. The number of allylic oxidation sites excluding steroid dienone is 3. The fourth-order valence-electron chi connectivity index (χ4n) is 2.23. The van der Waals surface area contributed by atoms with E-state index in [0.717, 1.165) is 29.2 Å². The van der Waals surface area contributed by atoms with Gasteiger partial charge < -0.3 is 15.4 Å². The van der Waals surface area contributed by atoms with E-state index in [1.165, 1.54) is 0 Å².